The molecule has 0 spiro atoms. The summed E-state index contributed by atoms with van der Waals surface area (Å²) in [5, 5.41) is 2.55. The zero-order valence-corrected chi connectivity index (χ0v) is 20.8. The Bertz CT molecular complexity index is 1150. The van der Waals surface area contributed by atoms with Gasteiger partial charge in [-0.3, -0.25) is 0 Å². The summed E-state index contributed by atoms with van der Waals surface area (Å²) in [5.74, 6) is 0.451. The van der Waals surface area contributed by atoms with Gasteiger partial charge in [0.1, 0.15) is 11.6 Å². The Balaban J connectivity index is 0.00000256. The number of hydrogen-bond donors (Lipinski definition) is 2. The molecule has 0 saturated carbocycles. The monoisotopic (exact) mass is 456 g/mol. The number of nitrogens with one attached hydrogen (secondary N) is 2. The fourth-order valence-corrected chi connectivity index (χ4v) is 4.07. The molecule has 1 heterocycles. The number of nitrogens with zero attached hydrogens (tertiary/aromatic N) is 2. The van der Waals surface area contributed by atoms with Crippen molar-refractivity contribution in [2.24, 2.45) is 0 Å². The van der Waals surface area contributed by atoms with Crippen LogP contribution in [-0.2, 0) is 23.0 Å². The SMILES string of the molecule is CCCCc1nc2ccc(F)cc2n1CCNC(=O)NS(=O)(=O)c1ccc(C)cc1.[H-].[Na+]. The summed E-state index contributed by atoms with van der Waals surface area (Å²) in [4.78, 5) is 16.7. The number of fused-ring (bicyclic) bond motifs is 1. The maximum absolute atomic E-state index is 13.7. The van der Waals surface area contributed by atoms with E-state index in [2.05, 4.69) is 17.2 Å². The van der Waals surface area contributed by atoms with E-state index in [0.29, 0.717) is 17.6 Å². The number of rotatable bonds is 8. The summed E-state index contributed by atoms with van der Waals surface area (Å²) in [6.45, 7) is 4.43. The first-order chi connectivity index (χ1) is 14.3. The molecule has 0 aliphatic carbocycles. The number of carbonyl (C=O) groups excluding carboxylic acids is 1. The first-order valence-electron chi connectivity index (χ1n) is 9.82. The molecular formula is C21H26FN4NaO3S. The van der Waals surface area contributed by atoms with Crippen molar-refractivity contribution in [3.8, 4) is 0 Å². The molecule has 2 N–H and O–H groups in total. The predicted octanol–water partition coefficient (Wildman–Crippen LogP) is 0.631. The van der Waals surface area contributed by atoms with E-state index in [0.717, 1.165) is 30.7 Å². The molecule has 1 aromatic heterocycles. The molecule has 0 aliphatic heterocycles. The minimum atomic E-state index is -3.95. The third-order valence-corrected chi connectivity index (χ3v) is 6.07. The van der Waals surface area contributed by atoms with Crippen LogP contribution in [0, 0.1) is 12.7 Å². The van der Waals surface area contributed by atoms with E-state index in [-0.39, 0.29) is 48.2 Å². The van der Waals surface area contributed by atoms with Crippen LogP contribution in [-0.4, -0.2) is 30.5 Å². The largest absolute Gasteiger partial charge is 1.00 e. The van der Waals surface area contributed by atoms with Crippen LogP contribution >= 0.6 is 0 Å². The Kier molecular flexibility index (Phi) is 9.05. The molecule has 0 aliphatic rings. The van der Waals surface area contributed by atoms with Gasteiger partial charge in [-0.15, -0.1) is 0 Å². The fourth-order valence-electron chi connectivity index (χ4n) is 3.14. The van der Waals surface area contributed by atoms with Gasteiger partial charge in [-0.2, -0.15) is 0 Å². The Morgan fingerprint density at radius 3 is 2.58 bits per heavy atom. The number of amides is 2. The van der Waals surface area contributed by atoms with Gasteiger partial charge in [-0.05, 0) is 43.7 Å². The second-order valence-electron chi connectivity index (χ2n) is 7.09. The molecular weight excluding hydrogens is 430 g/mol. The molecule has 0 bridgehead atoms. The molecule has 2 amide bonds. The number of halogens is 1. The fraction of sp³-hybridized carbons (Fsp3) is 0.333. The van der Waals surface area contributed by atoms with Crippen molar-refractivity contribution in [3.05, 3.63) is 59.7 Å². The molecule has 2 aromatic carbocycles. The molecule has 0 atom stereocenters. The molecule has 0 unspecified atom stereocenters. The van der Waals surface area contributed by atoms with E-state index in [1.807, 2.05) is 16.2 Å². The molecule has 3 aromatic rings. The molecule has 31 heavy (non-hydrogen) atoms. The predicted molar refractivity (Wildman–Crippen MR) is 114 cm³/mol. The smallest absolute Gasteiger partial charge is 1.00 e. The molecule has 162 valence electrons. The first kappa shape index (κ1) is 25.3. The van der Waals surface area contributed by atoms with Crippen molar-refractivity contribution in [1.29, 1.82) is 0 Å². The van der Waals surface area contributed by atoms with Gasteiger partial charge in [0.2, 0.25) is 0 Å². The molecule has 0 fully saturated rings. The number of benzene rings is 2. The van der Waals surface area contributed by atoms with Gasteiger partial charge in [0.15, 0.2) is 0 Å². The van der Waals surface area contributed by atoms with E-state index in [1.54, 1.807) is 18.2 Å². The summed E-state index contributed by atoms with van der Waals surface area (Å²) in [5.41, 5.74) is 2.26. The maximum Gasteiger partial charge on any atom is 1.00 e. The van der Waals surface area contributed by atoms with Crippen molar-refractivity contribution in [1.82, 2.24) is 19.6 Å². The summed E-state index contributed by atoms with van der Waals surface area (Å²) in [7, 11) is -3.95. The minimum Gasteiger partial charge on any atom is -1.00 e. The molecule has 0 radical (unpaired) electrons. The van der Waals surface area contributed by atoms with Crippen LogP contribution in [0.3, 0.4) is 0 Å². The van der Waals surface area contributed by atoms with Crippen LogP contribution in [0.2, 0.25) is 0 Å². The van der Waals surface area contributed by atoms with Crippen LogP contribution in [0.1, 0.15) is 32.6 Å². The van der Waals surface area contributed by atoms with Crippen molar-refractivity contribution >= 4 is 27.1 Å². The third kappa shape index (κ3) is 6.52. The van der Waals surface area contributed by atoms with Gasteiger partial charge >= 0.3 is 35.6 Å². The topological polar surface area (TPSA) is 93.1 Å². The van der Waals surface area contributed by atoms with Gasteiger partial charge < -0.3 is 11.3 Å². The van der Waals surface area contributed by atoms with Crippen molar-refractivity contribution in [3.63, 3.8) is 0 Å². The molecule has 3 rings (SSSR count). The average molecular weight is 457 g/mol. The minimum absolute atomic E-state index is 0. The van der Waals surface area contributed by atoms with Gasteiger partial charge in [-0.1, -0.05) is 31.0 Å². The van der Waals surface area contributed by atoms with Crippen LogP contribution < -0.4 is 39.6 Å². The number of aromatic nitrogens is 2. The standard InChI is InChI=1S/C21H25FN4O3S.Na.H/c1-3-4-5-20-24-18-11-8-16(22)14-19(18)26(20)13-12-23-21(27)25-30(28,29)17-9-6-15(2)7-10-17;;/h6-11,14H,3-5,12-13H2,1-2H3,(H2,23,25,27);;/q;+1;-1. The van der Waals surface area contributed by atoms with Gasteiger partial charge in [0, 0.05) is 19.5 Å². The van der Waals surface area contributed by atoms with Crippen LogP contribution in [0.15, 0.2) is 47.4 Å². The van der Waals surface area contributed by atoms with Crippen molar-refractivity contribution in [2.75, 3.05) is 6.54 Å². The quantitative estimate of drug-likeness (QED) is 0.487. The summed E-state index contributed by atoms with van der Waals surface area (Å²) < 4.78 is 42.2. The van der Waals surface area contributed by atoms with Crippen molar-refractivity contribution < 1.29 is 48.6 Å². The van der Waals surface area contributed by atoms with Crippen molar-refractivity contribution in [2.45, 2.75) is 44.6 Å². The van der Waals surface area contributed by atoms with Gasteiger partial charge in [0.05, 0.1) is 15.9 Å². The second-order valence-corrected chi connectivity index (χ2v) is 8.77. The summed E-state index contributed by atoms with van der Waals surface area (Å²) in [6.07, 6.45) is 2.67. The number of aryl methyl sites for hydroxylation is 2. The zero-order valence-electron chi connectivity index (χ0n) is 19.0. The van der Waals surface area contributed by atoms with E-state index in [4.69, 9.17) is 0 Å². The average Bonchev–Trinajstić information content (AvgIpc) is 3.03. The summed E-state index contributed by atoms with van der Waals surface area (Å²) in [6, 6.07) is 9.80. The normalized spacial score (nSPS) is 11.2. The van der Waals surface area contributed by atoms with Gasteiger partial charge in [0.25, 0.3) is 10.0 Å². The van der Waals surface area contributed by atoms with E-state index < -0.39 is 16.1 Å². The molecule has 10 heteroatoms. The van der Waals surface area contributed by atoms with E-state index in [1.165, 1.54) is 24.3 Å². The van der Waals surface area contributed by atoms with E-state index >= 15 is 0 Å². The number of imidazole rings is 1. The van der Waals surface area contributed by atoms with Gasteiger partial charge in [-0.25, -0.2) is 27.3 Å². The van der Waals surface area contributed by atoms with E-state index in [9.17, 15) is 17.6 Å². The maximum atomic E-state index is 13.7. The van der Waals surface area contributed by atoms with Crippen LogP contribution in [0.5, 0.6) is 0 Å². The molecule has 7 nitrogen and oxygen atoms in total. The Hall–Kier alpha value is -1.94. The van der Waals surface area contributed by atoms with Crippen LogP contribution in [0.4, 0.5) is 9.18 Å². The zero-order chi connectivity index (χ0) is 21.7. The number of hydrogen-bond acceptors (Lipinski definition) is 4. The summed E-state index contributed by atoms with van der Waals surface area (Å²) >= 11 is 0. The second kappa shape index (κ2) is 11.1. The number of urea groups is 1. The Labute approximate surface area is 205 Å². The van der Waals surface area contributed by atoms with Crippen LogP contribution in [0.25, 0.3) is 11.0 Å². The molecule has 0 saturated heterocycles. The number of sulfonamides is 1. The Morgan fingerprint density at radius 1 is 1.19 bits per heavy atom. The number of unbranched alkanes of at least 4 members (excludes halogenated alkanes) is 1. The number of carbonyl (C=O) groups is 1. The first-order valence-corrected chi connectivity index (χ1v) is 11.3. The Morgan fingerprint density at radius 2 is 1.90 bits per heavy atom. The third-order valence-electron chi connectivity index (χ3n) is 4.72.